The van der Waals surface area contributed by atoms with Gasteiger partial charge < -0.3 is 9.88 Å². The third-order valence-corrected chi connectivity index (χ3v) is 6.16. The molecule has 0 atom stereocenters. The summed E-state index contributed by atoms with van der Waals surface area (Å²) in [5, 5.41) is 9.10. The van der Waals surface area contributed by atoms with Gasteiger partial charge in [-0.05, 0) is 36.4 Å². The molecular weight excluding hydrogens is 400 g/mol. The van der Waals surface area contributed by atoms with E-state index in [0.717, 1.165) is 22.4 Å². The molecule has 2 nitrogen and oxygen atoms in total. The highest BCUT2D eigenvalue weighted by Gasteiger charge is 2.17. The molecule has 0 bridgehead atoms. The van der Waals surface area contributed by atoms with E-state index in [4.69, 9.17) is 11.6 Å². The molecule has 0 spiro atoms. The molecule has 3 heteroatoms. The summed E-state index contributed by atoms with van der Waals surface area (Å²) in [4.78, 5) is 0. The summed E-state index contributed by atoms with van der Waals surface area (Å²) in [5.41, 5.74) is 5.52. The average molecular weight is 419 g/mol. The number of nitrogens with one attached hydrogen (secondary N) is 1. The van der Waals surface area contributed by atoms with Crippen LogP contribution in [0.3, 0.4) is 0 Å². The normalized spacial score (nSPS) is 11.4. The predicted octanol–water partition coefficient (Wildman–Crippen LogP) is 8.33. The van der Waals surface area contributed by atoms with E-state index in [1.807, 2.05) is 24.3 Å². The molecule has 0 aliphatic heterocycles. The summed E-state index contributed by atoms with van der Waals surface area (Å²) in [6.45, 7) is 0. The van der Waals surface area contributed by atoms with E-state index >= 15 is 0 Å². The van der Waals surface area contributed by atoms with Gasteiger partial charge in [-0.25, -0.2) is 0 Å². The molecule has 0 saturated carbocycles. The fourth-order valence-corrected chi connectivity index (χ4v) is 4.66. The Kier molecular flexibility index (Phi) is 4.19. The van der Waals surface area contributed by atoms with Crippen LogP contribution in [0.2, 0.25) is 5.02 Å². The van der Waals surface area contributed by atoms with Gasteiger partial charge in [0.25, 0.3) is 0 Å². The van der Waals surface area contributed by atoms with Crippen molar-refractivity contribution in [2.75, 3.05) is 5.32 Å². The van der Waals surface area contributed by atoms with Crippen molar-refractivity contribution in [3.05, 3.63) is 114 Å². The Hall–Kier alpha value is -3.75. The molecular formula is C28H19ClN2. The molecule has 0 saturated heterocycles. The maximum atomic E-state index is 6.46. The Morgan fingerprint density at radius 1 is 0.548 bits per heavy atom. The first-order valence-corrected chi connectivity index (χ1v) is 10.7. The van der Waals surface area contributed by atoms with Crippen molar-refractivity contribution in [1.82, 2.24) is 4.57 Å². The van der Waals surface area contributed by atoms with Crippen molar-refractivity contribution in [1.29, 1.82) is 0 Å². The van der Waals surface area contributed by atoms with Crippen LogP contribution in [0.15, 0.2) is 109 Å². The first kappa shape index (κ1) is 18.1. The van der Waals surface area contributed by atoms with Crippen LogP contribution in [0, 0.1) is 0 Å². The van der Waals surface area contributed by atoms with Gasteiger partial charge in [0.2, 0.25) is 0 Å². The zero-order valence-electron chi connectivity index (χ0n) is 16.7. The summed E-state index contributed by atoms with van der Waals surface area (Å²) in [6, 6.07) is 37.8. The highest BCUT2D eigenvalue weighted by Crippen LogP contribution is 2.41. The van der Waals surface area contributed by atoms with Crippen LogP contribution in [0.4, 0.5) is 11.4 Å². The van der Waals surface area contributed by atoms with Crippen LogP contribution in [0.1, 0.15) is 0 Å². The van der Waals surface area contributed by atoms with Crippen molar-refractivity contribution in [2.24, 2.45) is 0 Å². The van der Waals surface area contributed by atoms with Crippen molar-refractivity contribution in [3.8, 4) is 5.69 Å². The van der Waals surface area contributed by atoms with Gasteiger partial charge in [0.15, 0.2) is 0 Å². The molecule has 0 aliphatic rings. The second-order valence-electron chi connectivity index (χ2n) is 7.66. The molecule has 0 unspecified atom stereocenters. The van der Waals surface area contributed by atoms with E-state index in [0.29, 0.717) is 5.02 Å². The van der Waals surface area contributed by atoms with Gasteiger partial charge in [-0.15, -0.1) is 0 Å². The highest BCUT2D eigenvalue weighted by molar-refractivity contribution is 6.33. The molecule has 0 aliphatic carbocycles. The van der Waals surface area contributed by atoms with Gasteiger partial charge in [-0.1, -0.05) is 84.4 Å². The molecule has 148 valence electrons. The molecule has 1 heterocycles. The SMILES string of the molecule is Clc1ccccc1Nc1cc2c3ccccc3n(-c3ccccc3)c2c2ccccc12. The third kappa shape index (κ3) is 2.88. The van der Waals surface area contributed by atoms with Gasteiger partial charge in [-0.3, -0.25) is 0 Å². The van der Waals surface area contributed by atoms with Crippen molar-refractivity contribution >= 4 is 55.6 Å². The lowest BCUT2D eigenvalue weighted by molar-refractivity contribution is 1.19. The zero-order chi connectivity index (χ0) is 20.8. The molecule has 1 N–H and O–H groups in total. The smallest absolute Gasteiger partial charge is 0.0640 e. The van der Waals surface area contributed by atoms with E-state index in [2.05, 4.69) is 94.8 Å². The van der Waals surface area contributed by atoms with Gasteiger partial charge >= 0.3 is 0 Å². The minimum atomic E-state index is 0.707. The summed E-state index contributed by atoms with van der Waals surface area (Å²) >= 11 is 6.46. The Bertz CT molecular complexity index is 1560. The van der Waals surface area contributed by atoms with Crippen molar-refractivity contribution in [3.63, 3.8) is 0 Å². The summed E-state index contributed by atoms with van der Waals surface area (Å²) < 4.78 is 2.37. The first-order valence-electron chi connectivity index (χ1n) is 10.3. The minimum absolute atomic E-state index is 0.707. The fraction of sp³-hybridized carbons (Fsp3) is 0. The Morgan fingerprint density at radius 3 is 2.00 bits per heavy atom. The quantitative estimate of drug-likeness (QED) is 0.305. The van der Waals surface area contributed by atoms with E-state index < -0.39 is 0 Å². The fourth-order valence-electron chi connectivity index (χ4n) is 4.48. The van der Waals surface area contributed by atoms with Crippen LogP contribution < -0.4 is 5.32 Å². The zero-order valence-corrected chi connectivity index (χ0v) is 17.5. The summed E-state index contributed by atoms with van der Waals surface area (Å²) in [6.07, 6.45) is 0. The molecule has 31 heavy (non-hydrogen) atoms. The largest absolute Gasteiger partial charge is 0.354 e. The maximum Gasteiger partial charge on any atom is 0.0640 e. The van der Waals surface area contributed by atoms with E-state index in [1.54, 1.807) is 0 Å². The van der Waals surface area contributed by atoms with Gasteiger partial charge in [-0.2, -0.15) is 0 Å². The summed E-state index contributed by atoms with van der Waals surface area (Å²) in [7, 11) is 0. The Balaban J connectivity index is 1.74. The Morgan fingerprint density at radius 2 is 1.19 bits per heavy atom. The lowest BCUT2D eigenvalue weighted by Crippen LogP contribution is -1.96. The number of halogens is 1. The minimum Gasteiger partial charge on any atom is -0.354 e. The van der Waals surface area contributed by atoms with Crippen molar-refractivity contribution in [2.45, 2.75) is 0 Å². The lowest BCUT2D eigenvalue weighted by Gasteiger charge is -2.14. The van der Waals surface area contributed by atoms with E-state index in [9.17, 15) is 0 Å². The summed E-state index contributed by atoms with van der Waals surface area (Å²) in [5.74, 6) is 0. The van der Waals surface area contributed by atoms with E-state index in [1.165, 1.54) is 27.2 Å². The number of hydrogen-bond acceptors (Lipinski definition) is 1. The number of nitrogens with zero attached hydrogens (tertiary/aromatic N) is 1. The third-order valence-electron chi connectivity index (χ3n) is 5.83. The van der Waals surface area contributed by atoms with Crippen LogP contribution >= 0.6 is 11.6 Å². The van der Waals surface area contributed by atoms with Gasteiger partial charge in [0, 0.05) is 32.9 Å². The number of aromatic nitrogens is 1. The molecule has 0 radical (unpaired) electrons. The van der Waals surface area contributed by atoms with Crippen LogP contribution in [0.5, 0.6) is 0 Å². The predicted molar refractivity (Wildman–Crippen MR) is 133 cm³/mol. The molecule has 0 amide bonds. The maximum absolute atomic E-state index is 6.46. The topological polar surface area (TPSA) is 17.0 Å². The monoisotopic (exact) mass is 418 g/mol. The average Bonchev–Trinajstić information content (AvgIpc) is 3.16. The van der Waals surface area contributed by atoms with E-state index in [-0.39, 0.29) is 0 Å². The Labute approximate surface area is 185 Å². The second-order valence-corrected chi connectivity index (χ2v) is 8.07. The molecule has 6 rings (SSSR count). The van der Waals surface area contributed by atoms with Crippen LogP contribution in [-0.4, -0.2) is 4.57 Å². The number of fused-ring (bicyclic) bond motifs is 5. The molecule has 0 fully saturated rings. The van der Waals surface area contributed by atoms with Crippen molar-refractivity contribution < 1.29 is 0 Å². The first-order chi connectivity index (χ1) is 15.3. The number of para-hydroxylation sites is 3. The van der Waals surface area contributed by atoms with Gasteiger partial charge in [0.05, 0.1) is 21.7 Å². The van der Waals surface area contributed by atoms with Crippen LogP contribution in [0.25, 0.3) is 38.3 Å². The second kappa shape index (κ2) is 7.19. The number of rotatable bonds is 3. The number of anilines is 2. The highest BCUT2D eigenvalue weighted by atomic mass is 35.5. The molecule has 6 aromatic rings. The molecule has 1 aromatic heterocycles. The molecule has 5 aromatic carbocycles. The number of hydrogen-bond donors (Lipinski definition) is 1. The van der Waals surface area contributed by atoms with Gasteiger partial charge in [0.1, 0.15) is 0 Å². The van der Waals surface area contributed by atoms with Crippen LogP contribution in [-0.2, 0) is 0 Å². The lowest BCUT2D eigenvalue weighted by atomic mass is 10.0. The standard InChI is InChI=1S/C28H19ClN2/c29-24-15-7-8-16-25(24)30-26-18-23-21-13-6-9-17-27(21)31(19-10-2-1-3-11-19)28(23)22-14-5-4-12-20(22)26/h1-18,30H. The number of benzene rings is 5.